The van der Waals surface area contributed by atoms with E-state index in [4.69, 9.17) is 0 Å². The minimum absolute atomic E-state index is 0.404. The molecule has 0 fully saturated rings. The second-order valence-electron chi connectivity index (χ2n) is 5.83. The van der Waals surface area contributed by atoms with Crippen LogP contribution < -0.4 is 0 Å². The molecule has 0 aromatic rings. The number of hydrogen-bond acceptors (Lipinski definition) is 1. The van der Waals surface area contributed by atoms with Crippen molar-refractivity contribution in [1.29, 1.82) is 0 Å². The fourth-order valence-electron chi connectivity index (χ4n) is 2.34. The van der Waals surface area contributed by atoms with Gasteiger partial charge in [0.25, 0.3) is 0 Å². The Balaban J connectivity index is 3.37. The number of unbranched alkanes of at least 4 members (excludes halogenated alkanes) is 8. The Hall–Kier alpha value is -0.0400. The molecule has 1 N–H and O–H groups in total. The number of hydrogen-bond donors (Lipinski definition) is 1. The van der Waals surface area contributed by atoms with E-state index >= 15 is 0 Å². The molecule has 0 aliphatic carbocycles. The molecule has 0 aliphatic rings. The summed E-state index contributed by atoms with van der Waals surface area (Å²) in [5.41, 5.74) is -0.404. The topological polar surface area (TPSA) is 20.2 Å². The van der Waals surface area contributed by atoms with E-state index in [2.05, 4.69) is 13.8 Å². The summed E-state index contributed by atoms with van der Waals surface area (Å²) in [5, 5.41) is 10.2. The first-order valence-electron chi connectivity index (χ1n) is 7.84. The summed E-state index contributed by atoms with van der Waals surface area (Å²) < 4.78 is 0. The summed E-state index contributed by atoms with van der Waals surface area (Å²) in [4.78, 5) is 0. The Labute approximate surface area is 109 Å². The van der Waals surface area contributed by atoms with Crippen molar-refractivity contribution in [2.75, 3.05) is 0 Å². The predicted molar refractivity (Wildman–Crippen MR) is 77.4 cm³/mol. The third-order valence-electron chi connectivity index (χ3n) is 3.64. The van der Waals surface area contributed by atoms with Gasteiger partial charge in [-0.3, -0.25) is 0 Å². The molecular formula is C16H34O. The zero-order valence-electron chi connectivity index (χ0n) is 12.4. The first kappa shape index (κ1) is 17.0. The first-order valence-corrected chi connectivity index (χ1v) is 7.84. The minimum Gasteiger partial charge on any atom is -0.390 e. The van der Waals surface area contributed by atoms with Crippen molar-refractivity contribution < 1.29 is 5.11 Å². The molecule has 0 radical (unpaired) electrons. The molecule has 0 aromatic heterocycles. The van der Waals surface area contributed by atoms with E-state index in [1.54, 1.807) is 0 Å². The molecule has 0 aromatic carbocycles. The highest BCUT2D eigenvalue weighted by Crippen LogP contribution is 2.22. The molecular weight excluding hydrogens is 208 g/mol. The maximum absolute atomic E-state index is 10.2. The molecule has 0 aliphatic heterocycles. The van der Waals surface area contributed by atoms with Gasteiger partial charge in [-0.15, -0.1) is 0 Å². The molecule has 1 nitrogen and oxygen atoms in total. The van der Waals surface area contributed by atoms with E-state index in [0.29, 0.717) is 0 Å². The lowest BCUT2D eigenvalue weighted by Crippen LogP contribution is -2.23. The van der Waals surface area contributed by atoms with Gasteiger partial charge in [0.05, 0.1) is 5.60 Å². The van der Waals surface area contributed by atoms with Gasteiger partial charge < -0.3 is 5.11 Å². The molecule has 1 unspecified atom stereocenters. The van der Waals surface area contributed by atoms with Crippen LogP contribution in [0.3, 0.4) is 0 Å². The lowest BCUT2D eigenvalue weighted by Gasteiger charge is -2.23. The van der Waals surface area contributed by atoms with E-state index in [0.717, 1.165) is 12.8 Å². The van der Waals surface area contributed by atoms with Crippen molar-refractivity contribution in [3.8, 4) is 0 Å². The lowest BCUT2D eigenvalue weighted by atomic mass is 9.92. The van der Waals surface area contributed by atoms with E-state index in [1.807, 2.05) is 6.92 Å². The third-order valence-corrected chi connectivity index (χ3v) is 3.64. The standard InChI is InChI=1S/C16H34O/c1-4-6-8-10-11-13-15-16(3,17)14-12-9-7-5-2/h17H,4-15H2,1-3H3. The highest BCUT2D eigenvalue weighted by molar-refractivity contribution is 4.72. The van der Waals surface area contributed by atoms with Gasteiger partial charge in [0.1, 0.15) is 0 Å². The van der Waals surface area contributed by atoms with E-state index in [9.17, 15) is 5.11 Å². The fourth-order valence-corrected chi connectivity index (χ4v) is 2.34. The van der Waals surface area contributed by atoms with Crippen molar-refractivity contribution in [2.45, 2.75) is 103 Å². The average Bonchev–Trinajstić information content (AvgIpc) is 2.29. The van der Waals surface area contributed by atoms with Crippen molar-refractivity contribution >= 4 is 0 Å². The maximum Gasteiger partial charge on any atom is 0.0619 e. The molecule has 0 amide bonds. The van der Waals surface area contributed by atoms with Gasteiger partial charge in [0.15, 0.2) is 0 Å². The van der Waals surface area contributed by atoms with Gasteiger partial charge in [-0.05, 0) is 19.8 Å². The Morgan fingerprint density at radius 3 is 1.47 bits per heavy atom. The van der Waals surface area contributed by atoms with Crippen molar-refractivity contribution in [3.05, 3.63) is 0 Å². The van der Waals surface area contributed by atoms with Crippen LogP contribution in [-0.2, 0) is 0 Å². The van der Waals surface area contributed by atoms with E-state index in [-0.39, 0.29) is 0 Å². The fraction of sp³-hybridized carbons (Fsp3) is 1.00. The summed E-state index contributed by atoms with van der Waals surface area (Å²) in [6, 6.07) is 0. The van der Waals surface area contributed by atoms with Gasteiger partial charge in [-0.25, -0.2) is 0 Å². The average molecular weight is 242 g/mol. The van der Waals surface area contributed by atoms with Crippen LogP contribution in [0.2, 0.25) is 0 Å². The molecule has 0 heterocycles. The van der Waals surface area contributed by atoms with Crippen molar-refractivity contribution in [2.24, 2.45) is 0 Å². The van der Waals surface area contributed by atoms with Crippen molar-refractivity contribution in [3.63, 3.8) is 0 Å². The molecule has 104 valence electrons. The van der Waals surface area contributed by atoms with Crippen LogP contribution in [0.15, 0.2) is 0 Å². The van der Waals surface area contributed by atoms with Crippen molar-refractivity contribution in [1.82, 2.24) is 0 Å². The highest BCUT2D eigenvalue weighted by atomic mass is 16.3. The molecule has 0 saturated carbocycles. The highest BCUT2D eigenvalue weighted by Gasteiger charge is 2.18. The second-order valence-corrected chi connectivity index (χ2v) is 5.83. The van der Waals surface area contributed by atoms with Crippen LogP contribution in [0.1, 0.15) is 97.8 Å². The van der Waals surface area contributed by atoms with E-state index < -0.39 is 5.60 Å². The molecule has 0 saturated heterocycles. The lowest BCUT2D eigenvalue weighted by molar-refractivity contribution is 0.0366. The van der Waals surface area contributed by atoms with Crippen LogP contribution >= 0.6 is 0 Å². The van der Waals surface area contributed by atoms with E-state index in [1.165, 1.54) is 64.2 Å². The molecule has 17 heavy (non-hydrogen) atoms. The zero-order chi connectivity index (χ0) is 13.0. The predicted octanol–water partition coefficient (Wildman–Crippen LogP) is 5.46. The minimum atomic E-state index is -0.404. The summed E-state index contributed by atoms with van der Waals surface area (Å²) in [7, 11) is 0. The zero-order valence-corrected chi connectivity index (χ0v) is 12.4. The molecule has 1 atom stereocenters. The van der Waals surface area contributed by atoms with Gasteiger partial charge in [-0.1, -0.05) is 78.1 Å². The smallest absolute Gasteiger partial charge is 0.0619 e. The summed E-state index contributed by atoms with van der Waals surface area (Å²) in [6.07, 6.45) is 14.9. The molecule has 0 rings (SSSR count). The Kier molecular flexibility index (Phi) is 11.0. The molecule has 0 spiro atoms. The van der Waals surface area contributed by atoms with Crippen LogP contribution in [0.5, 0.6) is 0 Å². The van der Waals surface area contributed by atoms with Gasteiger partial charge >= 0.3 is 0 Å². The third kappa shape index (κ3) is 12.2. The molecule has 1 heteroatoms. The van der Waals surface area contributed by atoms with Crippen LogP contribution in [0.25, 0.3) is 0 Å². The normalized spacial score (nSPS) is 14.8. The monoisotopic (exact) mass is 242 g/mol. The number of aliphatic hydroxyl groups is 1. The van der Waals surface area contributed by atoms with Gasteiger partial charge in [0, 0.05) is 0 Å². The Morgan fingerprint density at radius 1 is 0.647 bits per heavy atom. The van der Waals surface area contributed by atoms with Crippen LogP contribution in [0, 0.1) is 0 Å². The number of rotatable bonds is 12. The summed E-state index contributed by atoms with van der Waals surface area (Å²) in [6.45, 7) is 6.50. The van der Waals surface area contributed by atoms with Crippen LogP contribution in [-0.4, -0.2) is 10.7 Å². The maximum atomic E-state index is 10.2. The van der Waals surface area contributed by atoms with Gasteiger partial charge in [-0.2, -0.15) is 0 Å². The Morgan fingerprint density at radius 2 is 1.00 bits per heavy atom. The second kappa shape index (κ2) is 11.1. The summed E-state index contributed by atoms with van der Waals surface area (Å²) >= 11 is 0. The summed E-state index contributed by atoms with van der Waals surface area (Å²) in [5.74, 6) is 0. The molecule has 0 bridgehead atoms. The Bertz CT molecular complexity index is 152. The van der Waals surface area contributed by atoms with Gasteiger partial charge in [0.2, 0.25) is 0 Å². The largest absolute Gasteiger partial charge is 0.390 e. The quantitative estimate of drug-likeness (QED) is 0.451. The SMILES string of the molecule is CCCCCCCCC(C)(O)CCCCCC. The first-order chi connectivity index (χ1) is 8.12. The van der Waals surface area contributed by atoms with Crippen LogP contribution in [0.4, 0.5) is 0 Å².